The summed E-state index contributed by atoms with van der Waals surface area (Å²) < 4.78 is 4.89. The van der Waals surface area contributed by atoms with Gasteiger partial charge in [0.15, 0.2) is 5.96 Å². The van der Waals surface area contributed by atoms with Crippen molar-refractivity contribution in [2.24, 2.45) is 4.99 Å². The quantitative estimate of drug-likeness (QED) is 0.206. The van der Waals surface area contributed by atoms with Crippen LogP contribution in [0.15, 0.2) is 29.3 Å². The Morgan fingerprint density at radius 3 is 2.33 bits per heavy atom. The molecule has 0 bridgehead atoms. The number of rotatable bonds is 9. The van der Waals surface area contributed by atoms with Crippen molar-refractivity contribution in [3.05, 3.63) is 35.4 Å². The van der Waals surface area contributed by atoms with E-state index in [0.717, 1.165) is 5.56 Å². The summed E-state index contributed by atoms with van der Waals surface area (Å²) in [5, 5.41) is 8.82. The van der Waals surface area contributed by atoms with Crippen molar-refractivity contribution in [3.8, 4) is 0 Å². The summed E-state index contributed by atoms with van der Waals surface area (Å²) in [6.07, 6.45) is 0. The molecular formula is C18H30IN5O3. The molecule has 1 aromatic rings. The first kappa shape index (κ1) is 25.1. The largest absolute Gasteiger partial charge is 0.383 e. The SMILES string of the molecule is CCNC(=NCc1ccc(C(=O)N(C)C)cc1)NCC(=O)NCCOC.I. The molecule has 0 saturated heterocycles. The molecular weight excluding hydrogens is 461 g/mol. The van der Waals surface area contributed by atoms with Gasteiger partial charge in [-0.05, 0) is 24.6 Å². The molecule has 0 spiro atoms. The zero-order chi connectivity index (χ0) is 19.4. The van der Waals surface area contributed by atoms with Crippen molar-refractivity contribution in [3.63, 3.8) is 0 Å². The normalized spacial score (nSPS) is 10.6. The summed E-state index contributed by atoms with van der Waals surface area (Å²) in [5.41, 5.74) is 1.61. The number of halogens is 1. The highest BCUT2D eigenvalue weighted by Crippen LogP contribution is 2.07. The number of amides is 2. The number of guanidine groups is 1. The third-order valence-corrected chi connectivity index (χ3v) is 3.42. The van der Waals surface area contributed by atoms with Crippen LogP contribution >= 0.6 is 24.0 Å². The number of nitrogens with one attached hydrogen (secondary N) is 3. The number of ether oxygens (including phenoxy) is 1. The molecule has 0 atom stereocenters. The monoisotopic (exact) mass is 491 g/mol. The number of nitrogens with zero attached hydrogens (tertiary/aromatic N) is 2. The van der Waals surface area contributed by atoms with Crippen molar-refractivity contribution in [1.82, 2.24) is 20.9 Å². The van der Waals surface area contributed by atoms with Crippen molar-refractivity contribution >= 4 is 41.8 Å². The Kier molecular flexibility index (Phi) is 13.2. The molecule has 9 heteroatoms. The van der Waals surface area contributed by atoms with E-state index in [0.29, 0.717) is 37.8 Å². The predicted octanol–water partition coefficient (Wildman–Crippen LogP) is 0.824. The average Bonchev–Trinajstić information content (AvgIpc) is 2.64. The second-order valence-corrected chi connectivity index (χ2v) is 5.79. The zero-order valence-electron chi connectivity index (χ0n) is 16.4. The van der Waals surface area contributed by atoms with Crippen molar-refractivity contribution in [2.45, 2.75) is 13.5 Å². The number of carbonyl (C=O) groups is 2. The molecule has 3 N–H and O–H groups in total. The lowest BCUT2D eigenvalue weighted by Gasteiger charge is -2.12. The van der Waals surface area contributed by atoms with Gasteiger partial charge in [0.05, 0.1) is 19.7 Å². The van der Waals surface area contributed by atoms with Crippen LogP contribution in [0.25, 0.3) is 0 Å². The number of carbonyl (C=O) groups excluding carboxylic acids is 2. The van der Waals surface area contributed by atoms with Crippen LogP contribution in [-0.4, -0.2) is 70.1 Å². The van der Waals surface area contributed by atoms with E-state index in [9.17, 15) is 9.59 Å². The molecule has 0 aliphatic rings. The van der Waals surface area contributed by atoms with Gasteiger partial charge in [-0.25, -0.2) is 4.99 Å². The van der Waals surface area contributed by atoms with Crippen LogP contribution in [-0.2, 0) is 16.1 Å². The smallest absolute Gasteiger partial charge is 0.253 e. The molecule has 1 rings (SSSR count). The Balaban J connectivity index is 0.00000676. The fraction of sp³-hybridized carbons (Fsp3) is 0.500. The third-order valence-electron chi connectivity index (χ3n) is 3.42. The van der Waals surface area contributed by atoms with Gasteiger partial charge in [-0.3, -0.25) is 9.59 Å². The minimum atomic E-state index is -0.126. The summed E-state index contributed by atoms with van der Waals surface area (Å²) in [6.45, 7) is 4.17. The number of benzene rings is 1. The molecule has 152 valence electrons. The molecule has 27 heavy (non-hydrogen) atoms. The van der Waals surface area contributed by atoms with E-state index in [1.165, 1.54) is 4.90 Å². The van der Waals surface area contributed by atoms with Crippen LogP contribution in [0.4, 0.5) is 0 Å². The van der Waals surface area contributed by atoms with Gasteiger partial charge < -0.3 is 25.6 Å². The first-order valence-electron chi connectivity index (χ1n) is 8.56. The fourth-order valence-corrected chi connectivity index (χ4v) is 2.04. The summed E-state index contributed by atoms with van der Waals surface area (Å²) in [4.78, 5) is 29.6. The molecule has 0 saturated carbocycles. The number of hydrogen-bond donors (Lipinski definition) is 3. The van der Waals surface area contributed by atoms with Crippen LogP contribution < -0.4 is 16.0 Å². The Morgan fingerprint density at radius 2 is 1.78 bits per heavy atom. The van der Waals surface area contributed by atoms with Crippen LogP contribution in [0.3, 0.4) is 0 Å². The van der Waals surface area contributed by atoms with Gasteiger partial charge in [0.2, 0.25) is 5.91 Å². The minimum Gasteiger partial charge on any atom is -0.383 e. The minimum absolute atomic E-state index is 0. The highest BCUT2D eigenvalue weighted by molar-refractivity contribution is 14.0. The van der Waals surface area contributed by atoms with Crippen LogP contribution in [0.1, 0.15) is 22.8 Å². The standard InChI is InChI=1S/C18H29N5O3.HI/c1-5-19-18(22-13-16(24)20-10-11-26-4)21-12-14-6-8-15(9-7-14)17(25)23(2)3;/h6-9H,5,10-13H2,1-4H3,(H,20,24)(H2,19,21,22);1H. The number of aliphatic imine (C=N–C) groups is 1. The molecule has 0 aliphatic carbocycles. The van der Waals surface area contributed by atoms with Gasteiger partial charge in [-0.15, -0.1) is 24.0 Å². The highest BCUT2D eigenvalue weighted by atomic mass is 127. The first-order chi connectivity index (χ1) is 12.5. The molecule has 0 unspecified atom stereocenters. The average molecular weight is 491 g/mol. The summed E-state index contributed by atoms with van der Waals surface area (Å²) in [7, 11) is 5.03. The van der Waals surface area contributed by atoms with Crippen LogP contribution in [0.2, 0.25) is 0 Å². The lowest BCUT2D eigenvalue weighted by Crippen LogP contribution is -2.43. The third kappa shape index (κ3) is 10.1. The maximum Gasteiger partial charge on any atom is 0.253 e. The number of hydrogen-bond acceptors (Lipinski definition) is 4. The van der Waals surface area contributed by atoms with E-state index in [1.807, 2.05) is 19.1 Å². The summed E-state index contributed by atoms with van der Waals surface area (Å²) in [6, 6.07) is 7.33. The zero-order valence-corrected chi connectivity index (χ0v) is 18.7. The Labute approximate surface area is 178 Å². The topological polar surface area (TPSA) is 95.1 Å². The molecule has 0 fully saturated rings. The van der Waals surface area contributed by atoms with Gasteiger partial charge in [-0.1, -0.05) is 12.1 Å². The first-order valence-corrected chi connectivity index (χ1v) is 8.56. The summed E-state index contributed by atoms with van der Waals surface area (Å²) in [5.74, 6) is 0.400. The van der Waals surface area contributed by atoms with Gasteiger partial charge in [0.25, 0.3) is 5.91 Å². The second-order valence-electron chi connectivity index (χ2n) is 5.79. The summed E-state index contributed by atoms with van der Waals surface area (Å²) >= 11 is 0. The Hall–Kier alpha value is -1.88. The Bertz CT molecular complexity index is 606. The van der Waals surface area contributed by atoms with Gasteiger partial charge in [0.1, 0.15) is 0 Å². The second kappa shape index (κ2) is 14.2. The number of methoxy groups -OCH3 is 1. The lowest BCUT2D eigenvalue weighted by atomic mass is 10.1. The molecule has 0 aromatic heterocycles. The van der Waals surface area contributed by atoms with E-state index in [-0.39, 0.29) is 42.3 Å². The molecule has 8 nitrogen and oxygen atoms in total. The van der Waals surface area contributed by atoms with E-state index in [4.69, 9.17) is 4.74 Å². The highest BCUT2D eigenvalue weighted by Gasteiger charge is 2.07. The van der Waals surface area contributed by atoms with E-state index in [1.54, 1.807) is 33.3 Å². The van der Waals surface area contributed by atoms with Gasteiger partial charge in [-0.2, -0.15) is 0 Å². The van der Waals surface area contributed by atoms with E-state index < -0.39 is 0 Å². The fourth-order valence-electron chi connectivity index (χ4n) is 2.04. The van der Waals surface area contributed by atoms with Gasteiger partial charge in [0, 0.05) is 39.9 Å². The van der Waals surface area contributed by atoms with Gasteiger partial charge >= 0.3 is 0 Å². The molecule has 0 aliphatic heterocycles. The van der Waals surface area contributed by atoms with E-state index >= 15 is 0 Å². The van der Waals surface area contributed by atoms with Crippen molar-refractivity contribution < 1.29 is 14.3 Å². The predicted molar refractivity (Wildman–Crippen MR) is 118 cm³/mol. The molecule has 0 heterocycles. The maximum atomic E-state index is 11.9. The van der Waals surface area contributed by atoms with Crippen LogP contribution in [0.5, 0.6) is 0 Å². The Morgan fingerprint density at radius 1 is 1.11 bits per heavy atom. The maximum absolute atomic E-state index is 11.9. The van der Waals surface area contributed by atoms with Crippen LogP contribution in [0, 0.1) is 0 Å². The molecule has 0 radical (unpaired) electrons. The van der Waals surface area contributed by atoms with Crippen molar-refractivity contribution in [1.29, 1.82) is 0 Å². The lowest BCUT2D eigenvalue weighted by molar-refractivity contribution is -0.120. The van der Waals surface area contributed by atoms with E-state index in [2.05, 4.69) is 20.9 Å². The molecule has 1 aromatic carbocycles. The van der Waals surface area contributed by atoms with Crippen molar-refractivity contribution in [2.75, 3.05) is 47.4 Å². The molecule has 2 amide bonds.